The summed E-state index contributed by atoms with van der Waals surface area (Å²) >= 11 is 0. The van der Waals surface area contributed by atoms with Gasteiger partial charge in [0.15, 0.2) is 5.03 Å². The summed E-state index contributed by atoms with van der Waals surface area (Å²) < 4.78 is 34.3. The van der Waals surface area contributed by atoms with Crippen LogP contribution in [-0.2, 0) is 41.0 Å². The summed E-state index contributed by atoms with van der Waals surface area (Å²) in [5.41, 5.74) is 6.03. The topological polar surface area (TPSA) is 103 Å². The zero-order chi connectivity index (χ0) is 39.0. The molecule has 54 heavy (non-hydrogen) atoms. The maximum Gasteiger partial charge on any atom is 0.281 e. The molecular formula is C43H64N8O2S. The van der Waals surface area contributed by atoms with E-state index in [2.05, 4.69) is 79.2 Å². The molecule has 0 aliphatic heterocycles. The van der Waals surface area contributed by atoms with Gasteiger partial charge in [-0.15, -0.1) is 0 Å². The number of hydrogen-bond donors (Lipinski definition) is 1. The zero-order valence-electron chi connectivity index (χ0n) is 34.5. The van der Waals surface area contributed by atoms with Crippen molar-refractivity contribution >= 4 is 43.5 Å². The van der Waals surface area contributed by atoms with E-state index in [0.717, 1.165) is 47.1 Å². The van der Waals surface area contributed by atoms with Gasteiger partial charge in [0.2, 0.25) is 0 Å². The molecule has 0 bridgehead atoms. The van der Waals surface area contributed by atoms with Crippen molar-refractivity contribution < 1.29 is 8.42 Å². The standard InChI is InChI=1S/C24H35N5O2S.C19H29N3/c1-17-25-15-22(27(17)5)32(30,31)28(6)19-12-13-21-20(14-19)26-23(24(2,3)4)29(21)16-18-10-8-7-9-11-18;1-19(2,3)18-21-16-12-15(20-4)10-11-17(16)22(18)13-14-8-6-5-7-9-14/h12-15,18H,7-11,16H2,1-6H3;10-12,14,20H,5-9,13H2,1-4H3. The molecule has 0 atom stereocenters. The highest BCUT2D eigenvalue weighted by molar-refractivity contribution is 7.92. The Kier molecular flexibility index (Phi) is 11.6. The van der Waals surface area contributed by atoms with E-state index in [1.54, 1.807) is 25.6 Å². The summed E-state index contributed by atoms with van der Waals surface area (Å²) in [6.07, 6.45) is 14.9. The van der Waals surface area contributed by atoms with Crippen molar-refractivity contribution in [1.82, 2.24) is 28.7 Å². The summed E-state index contributed by atoms with van der Waals surface area (Å²) in [5, 5.41) is 3.40. The Balaban J connectivity index is 0.000000197. The second-order valence-corrected chi connectivity index (χ2v) is 19.8. The molecule has 2 saturated carbocycles. The minimum absolute atomic E-state index is 0.0769. The molecule has 11 heteroatoms. The van der Waals surface area contributed by atoms with E-state index in [4.69, 9.17) is 9.97 Å². The molecule has 5 aromatic rings. The van der Waals surface area contributed by atoms with Crippen LogP contribution in [0.1, 0.15) is 123 Å². The number of hydrogen-bond acceptors (Lipinski definition) is 6. The second-order valence-electron chi connectivity index (χ2n) is 17.9. The first-order valence-electron chi connectivity index (χ1n) is 20.2. The summed E-state index contributed by atoms with van der Waals surface area (Å²) in [6, 6.07) is 12.4. The molecule has 0 radical (unpaired) electrons. The Bertz CT molecular complexity index is 2170. The number of nitrogens with zero attached hydrogens (tertiary/aromatic N) is 7. The molecule has 2 fully saturated rings. The average molecular weight is 757 g/mol. The van der Waals surface area contributed by atoms with Crippen molar-refractivity contribution in [3.63, 3.8) is 0 Å². The van der Waals surface area contributed by atoms with Crippen LogP contribution in [0.15, 0.2) is 47.6 Å². The Morgan fingerprint density at radius 1 is 0.759 bits per heavy atom. The molecule has 0 saturated heterocycles. The largest absolute Gasteiger partial charge is 0.388 e. The first-order valence-corrected chi connectivity index (χ1v) is 21.6. The fraction of sp³-hybridized carbons (Fsp3) is 0.605. The highest BCUT2D eigenvalue weighted by atomic mass is 32.2. The Morgan fingerprint density at radius 2 is 1.24 bits per heavy atom. The summed E-state index contributed by atoms with van der Waals surface area (Å²) in [5.74, 6) is 4.43. The van der Waals surface area contributed by atoms with Crippen molar-refractivity contribution in [3.8, 4) is 0 Å². The molecular weight excluding hydrogens is 693 g/mol. The predicted molar refractivity (Wildman–Crippen MR) is 223 cm³/mol. The number of imidazole rings is 3. The maximum absolute atomic E-state index is 13.2. The van der Waals surface area contributed by atoms with Crippen LogP contribution in [0.5, 0.6) is 0 Å². The van der Waals surface area contributed by atoms with Gasteiger partial charge in [-0.25, -0.2) is 15.0 Å². The van der Waals surface area contributed by atoms with Gasteiger partial charge in [-0.1, -0.05) is 80.1 Å². The molecule has 7 rings (SSSR count). The molecule has 0 amide bonds. The third-order valence-electron chi connectivity index (χ3n) is 11.6. The highest BCUT2D eigenvalue weighted by Gasteiger charge is 2.29. The van der Waals surface area contributed by atoms with Crippen molar-refractivity contribution in [2.45, 2.75) is 142 Å². The number of anilines is 2. The highest BCUT2D eigenvalue weighted by Crippen LogP contribution is 2.35. The first kappa shape index (κ1) is 39.8. The normalized spacial score (nSPS) is 16.5. The molecule has 3 heterocycles. The predicted octanol–water partition coefficient (Wildman–Crippen LogP) is 9.74. The van der Waals surface area contributed by atoms with Gasteiger partial charge >= 0.3 is 0 Å². The van der Waals surface area contributed by atoms with Crippen LogP contribution in [0, 0.1) is 18.8 Å². The van der Waals surface area contributed by atoms with Crippen molar-refractivity contribution in [1.29, 1.82) is 0 Å². The molecule has 2 aromatic carbocycles. The third-order valence-corrected chi connectivity index (χ3v) is 13.4. The van der Waals surface area contributed by atoms with Crippen LogP contribution in [0.25, 0.3) is 22.1 Å². The molecule has 3 aromatic heterocycles. The van der Waals surface area contributed by atoms with Crippen molar-refractivity contribution in [3.05, 3.63) is 60.1 Å². The van der Waals surface area contributed by atoms with E-state index in [-0.39, 0.29) is 15.9 Å². The lowest BCUT2D eigenvalue weighted by molar-refractivity contribution is 0.313. The van der Waals surface area contributed by atoms with Crippen LogP contribution in [0.4, 0.5) is 11.4 Å². The van der Waals surface area contributed by atoms with Gasteiger partial charge in [-0.05, 0) is 80.8 Å². The lowest BCUT2D eigenvalue weighted by Gasteiger charge is -2.26. The van der Waals surface area contributed by atoms with Crippen molar-refractivity contribution in [2.24, 2.45) is 18.9 Å². The van der Waals surface area contributed by atoms with Gasteiger partial charge in [0, 0.05) is 50.7 Å². The van der Waals surface area contributed by atoms with Crippen LogP contribution in [0.3, 0.4) is 0 Å². The number of nitrogens with one attached hydrogen (secondary N) is 1. The molecule has 0 spiro atoms. The van der Waals surface area contributed by atoms with Crippen molar-refractivity contribution in [2.75, 3.05) is 23.7 Å². The van der Waals surface area contributed by atoms with E-state index in [1.165, 1.54) is 86.1 Å². The summed E-state index contributed by atoms with van der Waals surface area (Å²) in [7, 11) is 1.54. The zero-order valence-corrected chi connectivity index (χ0v) is 35.4. The molecule has 0 unspecified atom stereocenters. The molecule has 10 nitrogen and oxygen atoms in total. The van der Waals surface area contributed by atoms with E-state index in [0.29, 0.717) is 17.4 Å². The minimum atomic E-state index is -3.73. The van der Waals surface area contributed by atoms with E-state index < -0.39 is 10.0 Å². The number of aryl methyl sites for hydroxylation is 1. The monoisotopic (exact) mass is 756 g/mol. The Morgan fingerprint density at radius 3 is 1.69 bits per heavy atom. The fourth-order valence-corrected chi connectivity index (χ4v) is 9.71. The minimum Gasteiger partial charge on any atom is -0.388 e. The van der Waals surface area contributed by atoms with Gasteiger partial charge in [0.25, 0.3) is 10.0 Å². The van der Waals surface area contributed by atoms with Gasteiger partial charge in [-0.3, -0.25) is 4.31 Å². The van der Waals surface area contributed by atoms with Gasteiger partial charge in [0.1, 0.15) is 17.5 Å². The molecule has 2 aliphatic carbocycles. The van der Waals surface area contributed by atoms with Crippen LogP contribution in [-0.4, -0.2) is 51.2 Å². The maximum atomic E-state index is 13.2. The second kappa shape index (κ2) is 15.7. The lowest BCUT2D eigenvalue weighted by Crippen LogP contribution is -2.28. The summed E-state index contributed by atoms with van der Waals surface area (Å²) in [6.45, 7) is 17.3. The number of rotatable bonds is 8. The number of sulfonamides is 1. The Hall–Kier alpha value is -3.86. The van der Waals surface area contributed by atoms with Gasteiger partial charge < -0.3 is 19.0 Å². The van der Waals surface area contributed by atoms with Gasteiger partial charge in [-0.2, -0.15) is 8.42 Å². The quantitative estimate of drug-likeness (QED) is 0.169. The molecule has 1 N–H and O–H groups in total. The van der Waals surface area contributed by atoms with Crippen LogP contribution >= 0.6 is 0 Å². The molecule has 294 valence electrons. The lowest BCUT2D eigenvalue weighted by atomic mass is 9.88. The molecule has 2 aliphatic rings. The SMILES string of the molecule is CNc1ccc2c(c1)nc(C(C)(C)C)n2CC1CCCCC1.Cc1ncc(S(=O)(=O)N(C)c2ccc3c(c2)nc(C(C)(C)C)n3CC2CCCCC2)n1C. The average Bonchev–Trinajstić information content (AvgIpc) is 3.81. The first-order chi connectivity index (χ1) is 25.5. The fourth-order valence-electron chi connectivity index (χ4n) is 8.37. The Labute approximate surface area is 323 Å². The smallest absolute Gasteiger partial charge is 0.281 e. The number of fused-ring (bicyclic) bond motifs is 2. The van der Waals surface area contributed by atoms with Crippen LogP contribution < -0.4 is 9.62 Å². The van der Waals surface area contributed by atoms with Crippen LogP contribution in [0.2, 0.25) is 0 Å². The number of aromatic nitrogens is 6. The van der Waals surface area contributed by atoms with Gasteiger partial charge in [0.05, 0.1) is 34.0 Å². The van der Waals surface area contributed by atoms with E-state index in [9.17, 15) is 8.42 Å². The number of benzene rings is 2. The summed E-state index contributed by atoms with van der Waals surface area (Å²) in [4.78, 5) is 14.1. The van der Waals surface area contributed by atoms with E-state index >= 15 is 0 Å². The van der Waals surface area contributed by atoms with E-state index in [1.807, 2.05) is 25.2 Å². The third kappa shape index (κ3) is 8.36.